The van der Waals surface area contributed by atoms with Gasteiger partial charge in [0.1, 0.15) is 17.4 Å². The third-order valence-electron chi connectivity index (χ3n) is 3.54. The quantitative estimate of drug-likeness (QED) is 0.882. The summed E-state index contributed by atoms with van der Waals surface area (Å²) in [5.74, 6) is -0.0503. The van der Waals surface area contributed by atoms with E-state index in [0.717, 1.165) is 23.4 Å². The number of hydrogen-bond donors (Lipinski definition) is 1. The molecule has 2 atom stereocenters. The maximum absolute atomic E-state index is 13.7. The largest absolute Gasteiger partial charge is 0.497 e. The molecule has 0 aliphatic carbocycles. The van der Waals surface area contributed by atoms with E-state index < -0.39 is 11.6 Å². The average Bonchev–Trinajstić information content (AvgIpc) is 2.49. The van der Waals surface area contributed by atoms with Crippen LogP contribution in [0.15, 0.2) is 42.5 Å². The molecular weight excluding hydrogens is 272 g/mol. The molecule has 2 nitrogen and oxygen atoms in total. The summed E-state index contributed by atoms with van der Waals surface area (Å²) in [6, 6.07) is 10.9. The molecule has 4 heteroatoms. The number of hydrogen-bond acceptors (Lipinski definition) is 2. The van der Waals surface area contributed by atoms with Gasteiger partial charge in [-0.3, -0.25) is 0 Å². The smallest absolute Gasteiger partial charge is 0.128 e. The van der Waals surface area contributed by atoms with Gasteiger partial charge in [0.15, 0.2) is 0 Å². The maximum atomic E-state index is 13.7. The first-order valence-corrected chi connectivity index (χ1v) is 6.86. The molecule has 0 fully saturated rings. The summed E-state index contributed by atoms with van der Waals surface area (Å²) in [5, 5.41) is 3.27. The van der Waals surface area contributed by atoms with Crippen LogP contribution in [0.1, 0.15) is 37.1 Å². The zero-order chi connectivity index (χ0) is 15.4. The van der Waals surface area contributed by atoms with Crippen molar-refractivity contribution < 1.29 is 13.5 Å². The van der Waals surface area contributed by atoms with Crippen LogP contribution in [-0.2, 0) is 0 Å². The first kappa shape index (κ1) is 15.4. The van der Waals surface area contributed by atoms with E-state index in [2.05, 4.69) is 5.32 Å². The van der Waals surface area contributed by atoms with Gasteiger partial charge in [0.05, 0.1) is 7.11 Å². The highest BCUT2D eigenvalue weighted by molar-refractivity contribution is 5.29. The molecule has 0 aliphatic heterocycles. The fourth-order valence-electron chi connectivity index (χ4n) is 2.30. The van der Waals surface area contributed by atoms with Crippen molar-refractivity contribution in [3.05, 3.63) is 65.2 Å². The van der Waals surface area contributed by atoms with E-state index in [1.165, 1.54) is 6.07 Å². The van der Waals surface area contributed by atoms with Gasteiger partial charge in [-0.2, -0.15) is 0 Å². The normalized spacial score (nSPS) is 13.8. The minimum Gasteiger partial charge on any atom is -0.497 e. The van der Waals surface area contributed by atoms with Gasteiger partial charge in [0, 0.05) is 17.6 Å². The van der Waals surface area contributed by atoms with Gasteiger partial charge >= 0.3 is 0 Å². The molecule has 2 rings (SSSR count). The molecule has 2 aromatic rings. The van der Waals surface area contributed by atoms with Crippen molar-refractivity contribution in [2.45, 2.75) is 25.9 Å². The van der Waals surface area contributed by atoms with Crippen LogP contribution in [0.4, 0.5) is 8.78 Å². The summed E-state index contributed by atoms with van der Waals surface area (Å²) < 4.78 is 32.1. The molecule has 0 bridgehead atoms. The molecule has 2 aromatic carbocycles. The third kappa shape index (κ3) is 3.79. The van der Waals surface area contributed by atoms with E-state index in [-0.39, 0.29) is 12.1 Å². The van der Waals surface area contributed by atoms with Gasteiger partial charge in [-0.15, -0.1) is 0 Å². The molecule has 112 valence electrons. The van der Waals surface area contributed by atoms with Crippen LogP contribution in [-0.4, -0.2) is 7.11 Å². The number of rotatable bonds is 5. The Morgan fingerprint density at radius 2 is 1.62 bits per heavy atom. The van der Waals surface area contributed by atoms with E-state index in [4.69, 9.17) is 4.74 Å². The number of methoxy groups -OCH3 is 1. The molecule has 0 radical (unpaired) electrons. The van der Waals surface area contributed by atoms with Crippen LogP contribution in [0, 0.1) is 11.6 Å². The summed E-state index contributed by atoms with van der Waals surface area (Å²) in [6.07, 6.45) is 0. The average molecular weight is 291 g/mol. The van der Waals surface area contributed by atoms with Gasteiger partial charge in [-0.1, -0.05) is 12.1 Å². The number of halogens is 2. The molecule has 0 saturated carbocycles. The van der Waals surface area contributed by atoms with E-state index in [1.807, 2.05) is 38.1 Å². The first-order chi connectivity index (χ1) is 10.0. The van der Waals surface area contributed by atoms with Crippen molar-refractivity contribution >= 4 is 0 Å². The Kier molecular flexibility index (Phi) is 4.91. The Labute approximate surface area is 123 Å². The van der Waals surface area contributed by atoms with E-state index >= 15 is 0 Å². The molecule has 0 amide bonds. The van der Waals surface area contributed by atoms with Gasteiger partial charge < -0.3 is 10.1 Å². The predicted octanol–water partition coefficient (Wildman–Crippen LogP) is 4.39. The second kappa shape index (κ2) is 6.68. The summed E-state index contributed by atoms with van der Waals surface area (Å²) in [7, 11) is 1.62. The second-order valence-electron chi connectivity index (χ2n) is 5.05. The Morgan fingerprint density at radius 1 is 0.952 bits per heavy atom. The topological polar surface area (TPSA) is 21.3 Å². The summed E-state index contributed by atoms with van der Waals surface area (Å²) >= 11 is 0. The molecule has 0 spiro atoms. The van der Waals surface area contributed by atoms with Crippen LogP contribution >= 0.6 is 0 Å². The Morgan fingerprint density at radius 3 is 2.24 bits per heavy atom. The van der Waals surface area contributed by atoms with Crippen LogP contribution in [0.2, 0.25) is 0 Å². The molecule has 21 heavy (non-hydrogen) atoms. The molecule has 0 heterocycles. The lowest BCUT2D eigenvalue weighted by molar-refractivity contribution is 0.414. The summed E-state index contributed by atoms with van der Waals surface area (Å²) in [4.78, 5) is 0. The minimum absolute atomic E-state index is 0.00794. The number of ether oxygens (including phenoxy) is 1. The highest BCUT2D eigenvalue weighted by Gasteiger charge is 2.15. The molecule has 0 saturated heterocycles. The van der Waals surface area contributed by atoms with E-state index in [9.17, 15) is 8.78 Å². The highest BCUT2D eigenvalue weighted by atomic mass is 19.1. The zero-order valence-corrected chi connectivity index (χ0v) is 12.4. The highest BCUT2D eigenvalue weighted by Crippen LogP contribution is 2.23. The lowest BCUT2D eigenvalue weighted by atomic mass is 10.0. The first-order valence-electron chi connectivity index (χ1n) is 6.86. The molecule has 1 N–H and O–H groups in total. The predicted molar refractivity (Wildman–Crippen MR) is 79.3 cm³/mol. The van der Waals surface area contributed by atoms with E-state index in [0.29, 0.717) is 5.56 Å². The molecule has 0 aliphatic rings. The van der Waals surface area contributed by atoms with Crippen molar-refractivity contribution in [3.63, 3.8) is 0 Å². The van der Waals surface area contributed by atoms with Crippen LogP contribution in [0.3, 0.4) is 0 Å². The Balaban J connectivity index is 2.10. The molecular formula is C17H19F2NO. The molecule has 0 aromatic heterocycles. The third-order valence-corrected chi connectivity index (χ3v) is 3.54. The Bertz CT molecular complexity index is 598. The minimum atomic E-state index is -0.433. The van der Waals surface area contributed by atoms with Crippen LogP contribution < -0.4 is 10.1 Å². The second-order valence-corrected chi connectivity index (χ2v) is 5.05. The zero-order valence-electron chi connectivity index (χ0n) is 12.4. The maximum Gasteiger partial charge on any atom is 0.128 e. The fraction of sp³-hybridized carbons (Fsp3) is 0.294. The summed E-state index contributed by atoms with van der Waals surface area (Å²) in [6.45, 7) is 3.80. The standard InChI is InChI=1S/C17H19F2NO/c1-11(13-4-7-15(21-3)8-5-13)20-12(2)16-10-14(18)6-9-17(16)19/h4-12,20H,1-3H3/t11-,12?/m1/s1. The van der Waals surface area contributed by atoms with Crippen molar-refractivity contribution in [2.24, 2.45) is 0 Å². The fourth-order valence-corrected chi connectivity index (χ4v) is 2.30. The van der Waals surface area contributed by atoms with Gasteiger partial charge in [-0.25, -0.2) is 8.78 Å². The van der Waals surface area contributed by atoms with Gasteiger partial charge in [0.2, 0.25) is 0 Å². The number of benzene rings is 2. The van der Waals surface area contributed by atoms with Crippen molar-refractivity contribution in [2.75, 3.05) is 7.11 Å². The van der Waals surface area contributed by atoms with Crippen molar-refractivity contribution in [1.82, 2.24) is 5.32 Å². The lowest BCUT2D eigenvalue weighted by Gasteiger charge is -2.21. The summed E-state index contributed by atoms with van der Waals surface area (Å²) in [5.41, 5.74) is 1.38. The van der Waals surface area contributed by atoms with Crippen molar-refractivity contribution in [1.29, 1.82) is 0 Å². The lowest BCUT2D eigenvalue weighted by Crippen LogP contribution is -2.23. The number of nitrogens with one attached hydrogen (secondary N) is 1. The Hall–Kier alpha value is -1.94. The van der Waals surface area contributed by atoms with Gasteiger partial charge in [-0.05, 0) is 49.7 Å². The van der Waals surface area contributed by atoms with E-state index in [1.54, 1.807) is 7.11 Å². The van der Waals surface area contributed by atoms with Gasteiger partial charge in [0.25, 0.3) is 0 Å². The van der Waals surface area contributed by atoms with Crippen LogP contribution in [0.25, 0.3) is 0 Å². The van der Waals surface area contributed by atoms with Crippen molar-refractivity contribution in [3.8, 4) is 5.75 Å². The SMILES string of the molecule is COc1ccc([C@@H](C)NC(C)c2cc(F)ccc2F)cc1. The molecule has 1 unspecified atom stereocenters. The van der Waals surface area contributed by atoms with Crippen LogP contribution in [0.5, 0.6) is 5.75 Å². The monoisotopic (exact) mass is 291 g/mol.